The minimum atomic E-state index is -0.250. The summed E-state index contributed by atoms with van der Waals surface area (Å²) < 4.78 is 3.51. The van der Waals surface area contributed by atoms with Crippen LogP contribution in [0.3, 0.4) is 0 Å². The lowest BCUT2D eigenvalue weighted by atomic mass is 10.4. The van der Waals surface area contributed by atoms with E-state index in [4.69, 9.17) is 0 Å². The first-order chi connectivity index (χ1) is 11.3. The standard InChI is InChI=1S/C15H17N7O/c23-15(17-5-1-9-21-10-2-6-18-21)20-13-11-19-22(12-13)14-3-7-16-8-4-14/h2-4,6-8,10-12H,1,5,9H2,(H2,17,20,23). The Kier molecular flexibility index (Phi) is 4.63. The van der Waals surface area contributed by atoms with Gasteiger partial charge in [0.15, 0.2) is 0 Å². The van der Waals surface area contributed by atoms with Gasteiger partial charge in [0.05, 0.1) is 23.8 Å². The smallest absolute Gasteiger partial charge is 0.319 e. The Labute approximate surface area is 133 Å². The number of aromatic nitrogens is 5. The number of anilines is 1. The number of hydrogen-bond donors (Lipinski definition) is 2. The fourth-order valence-corrected chi connectivity index (χ4v) is 2.08. The fourth-order valence-electron chi connectivity index (χ4n) is 2.08. The van der Waals surface area contributed by atoms with Crippen molar-refractivity contribution in [2.75, 3.05) is 11.9 Å². The summed E-state index contributed by atoms with van der Waals surface area (Å²) in [6, 6.07) is 5.30. The van der Waals surface area contributed by atoms with Gasteiger partial charge in [0.25, 0.3) is 0 Å². The Morgan fingerprint density at radius 1 is 1.17 bits per heavy atom. The highest BCUT2D eigenvalue weighted by molar-refractivity contribution is 5.88. The molecule has 0 aliphatic carbocycles. The molecule has 2 amide bonds. The number of rotatable bonds is 6. The van der Waals surface area contributed by atoms with Crippen molar-refractivity contribution in [2.24, 2.45) is 0 Å². The summed E-state index contributed by atoms with van der Waals surface area (Å²) in [4.78, 5) is 15.8. The lowest BCUT2D eigenvalue weighted by Gasteiger charge is -2.06. The van der Waals surface area contributed by atoms with Gasteiger partial charge < -0.3 is 10.6 Å². The molecule has 118 valence electrons. The average molecular weight is 311 g/mol. The van der Waals surface area contributed by atoms with Crippen molar-refractivity contribution in [3.05, 3.63) is 55.4 Å². The third kappa shape index (κ3) is 4.16. The van der Waals surface area contributed by atoms with E-state index in [1.54, 1.807) is 35.7 Å². The van der Waals surface area contributed by atoms with E-state index in [0.29, 0.717) is 12.2 Å². The highest BCUT2D eigenvalue weighted by Crippen LogP contribution is 2.10. The van der Waals surface area contributed by atoms with Crippen LogP contribution in [0.1, 0.15) is 6.42 Å². The molecule has 0 spiro atoms. The van der Waals surface area contributed by atoms with Crippen molar-refractivity contribution in [3.8, 4) is 5.69 Å². The number of urea groups is 1. The number of aryl methyl sites for hydroxylation is 1. The molecule has 0 unspecified atom stereocenters. The van der Waals surface area contributed by atoms with Crippen LogP contribution in [-0.4, -0.2) is 37.1 Å². The molecule has 3 heterocycles. The summed E-state index contributed by atoms with van der Waals surface area (Å²) in [7, 11) is 0. The molecule has 3 aromatic heterocycles. The third-order valence-electron chi connectivity index (χ3n) is 3.18. The summed E-state index contributed by atoms with van der Waals surface area (Å²) >= 11 is 0. The maximum absolute atomic E-state index is 11.8. The number of amides is 2. The number of hydrogen-bond acceptors (Lipinski definition) is 4. The Balaban J connectivity index is 1.44. The highest BCUT2D eigenvalue weighted by Gasteiger charge is 2.04. The lowest BCUT2D eigenvalue weighted by Crippen LogP contribution is -2.29. The SMILES string of the molecule is O=C(NCCCn1cccn1)Nc1cnn(-c2ccncc2)c1. The molecule has 0 fully saturated rings. The first kappa shape index (κ1) is 14.8. The molecule has 3 rings (SSSR count). The summed E-state index contributed by atoms with van der Waals surface area (Å²) in [6.45, 7) is 1.34. The number of nitrogens with zero attached hydrogens (tertiary/aromatic N) is 5. The van der Waals surface area contributed by atoms with Gasteiger partial charge in [0.2, 0.25) is 0 Å². The van der Waals surface area contributed by atoms with Gasteiger partial charge in [-0.3, -0.25) is 9.67 Å². The molecule has 0 aromatic carbocycles. The van der Waals surface area contributed by atoms with Gasteiger partial charge in [-0.25, -0.2) is 9.48 Å². The molecule has 0 bridgehead atoms. The van der Waals surface area contributed by atoms with Gasteiger partial charge in [0.1, 0.15) is 0 Å². The highest BCUT2D eigenvalue weighted by atomic mass is 16.2. The zero-order valence-electron chi connectivity index (χ0n) is 12.5. The van der Waals surface area contributed by atoms with E-state index in [9.17, 15) is 4.79 Å². The first-order valence-corrected chi connectivity index (χ1v) is 7.28. The molecule has 2 N–H and O–H groups in total. The van der Waals surface area contributed by atoms with Gasteiger partial charge >= 0.3 is 6.03 Å². The molecule has 3 aromatic rings. The number of carbonyl (C=O) groups is 1. The Hall–Kier alpha value is -3.16. The largest absolute Gasteiger partial charge is 0.338 e. The molecule has 0 aliphatic heterocycles. The van der Waals surface area contributed by atoms with Gasteiger partial charge in [-0.15, -0.1) is 0 Å². The van der Waals surface area contributed by atoms with E-state index in [0.717, 1.165) is 18.7 Å². The van der Waals surface area contributed by atoms with Crippen LogP contribution >= 0.6 is 0 Å². The second kappa shape index (κ2) is 7.21. The topological polar surface area (TPSA) is 89.7 Å². The predicted molar refractivity (Wildman–Crippen MR) is 85.2 cm³/mol. The maximum atomic E-state index is 11.8. The maximum Gasteiger partial charge on any atom is 0.319 e. The van der Waals surface area contributed by atoms with Crippen LogP contribution in [0.2, 0.25) is 0 Å². The van der Waals surface area contributed by atoms with Gasteiger partial charge in [-0.1, -0.05) is 0 Å². The van der Waals surface area contributed by atoms with Crippen molar-refractivity contribution in [3.63, 3.8) is 0 Å². The molecule has 23 heavy (non-hydrogen) atoms. The number of carbonyl (C=O) groups excluding carboxylic acids is 1. The zero-order valence-corrected chi connectivity index (χ0v) is 12.5. The van der Waals surface area contributed by atoms with Crippen molar-refractivity contribution < 1.29 is 4.79 Å². The number of pyridine rings is 1. The van der Waals surface area contributed by atoms with Gasteiger partial charge in [-0.2, -0.15) is 10.2 Å². The molecule has 8 nitrogen and oxygen atoms in total. The number of nitrogens with one attached hydrogen (secondary N) is 2. The first-order valence-electron chi connectivity index (χ1n) is 7.28. The second-order valence-corrected chi connectivity index (χ2v) is 4.88. The molecular weight excluding hydrogens is 294 g/mol. The third-order valence-corrected chi connectivity index (χ3v) is 3.18. The Morgan fingerprint density at radius 2 is 2.04 bits per heavy atom. The normalized spacial score (nSPS) is 10.4. The Morgan fingerprint density at radius 3 is 2.83 bits per heavy atom. The molecule has 0 aliphatic rings. The summed E-state index contributed by atoms with van der Waals surface area (Å²) in [6.07, 6.45) is 11.2. The average Bonchev–Trinajstić information content (AvgIpc) is 3.24. The molecule has 0 atom stereocenters. The summed E-state index contributed by atoms with van der Waals surface area (Å²) in [5, 5.41) is 13.9. The van der Waals surface area contributed by atoms with Crippen LogP contribution < -0.4 is 10.6 Å². The van der Waals surface area contributed by atoms with Crippen LogP contribution in [0.4, 0.5) is 10.5 Å². The molecule has 0 radical (unpaired) electrons. The lowest BCUT2D eigenvalue weighted by molar-refractivity contribution is 0.251. The predicted octanol–water partition coefficient (Wildman–Crippen LogP) is 1.68. The van der Waals surface area contributed by atoms with E-state index in [-0.39, 0.29) is 6.03 Å². The van der Waals surface area contributed by atoms with Crippen LogP contribution in [-0.2, 0) is 6.54 Å². The van der Waals surface area contributed by atoms with Crippen LogP contribution in [0, 0.1) is 0 Å². The zero-order chi connectivity index (χ0) is 15.9. The van der Waals surface area contributed by atoms with Crippen LogP contribution in [0.25, 0.3) is 5.69 Å². The van der Waals surface area contributed by atoms with Gasteiger partial charge in [-0.05, 0) is 24.6 Å². The monoisotopic (exact) mass is 311 g/mol. The minimum absolute atomic E-state index is 0.250. The van der Waals surface area contributed by atoms with Crippen molar-refractivity contribution >= 4 is 11.7 Å². The van der Waals surface area contributed by atoms with Crippen molar-refractivity contribution in [1.29, 1.82) is 0 Å². The van der Waals surface area contributed by atoms with Crippen molar-refractivity contribution in [2.45, 2.75) is 13.0 Å². The molecule has 8 heteroatoms. The van der Waals surface area contributed by atoms with Gasteiger partial charge in [0, 0.05) is 37.9 Å². The van der Waals surface area contributed by atoms with Crippen LogP contribution in [0.15, 0.2) is 55.4 Å². The van der Waals surface area contributed by atoms with E-state index in [2.05, 4.69) is 25.8 Å². The van der Waals surface area contributed by atoms with E-state index in [1.807, 2.05) is 29.1 Å². The quantitative estimate of drug-likeness (QED) is 0.678. The molecule has 0 saturated heterocycles. The summed E-state index contributed by atoms with van der Waals surface area (Å²) in [5.74, 6) is 0. The van der Waals surface area contributed by atoms with Crippen molar-refractivity contribution in [1.82, 2.24) is 29.9 Å². The van der Waals surface area contributed by atoms with E-state index < -0.39 is 0 Å². The second-order valence-electron chi connectivity index (χ2n) is 4.88. The van der Waals surface area contributed by atoms with E-state index >= 15 is 0 Å². The fraction of sp³-hybridized carbons (Fsp3) is 0.200. The molecule has 0 saturated carbocycles. The van der Waals surface area contributed by atoms with Crippen LogP contribution in [0.5, 0.6) is 0 Å². The summed E-state index contributed by atoms with van der Waals surface area (Å²) in [5.41, 5.74) is 1.51. The van der Waals surface area contributed by atoms with E-state index in [1.165, 1.54) is 0 Å². The Bertz CT molecular complexity index is 736. The molecular formula is C15H17N7O. The minimum Gasteiger partial charge on any atom is -0.338 e.